The first-order valence-electron chi connectivity index (χ1n) is 6.20. The van der Waals surface area contributed by atoms with Gasteiger partial charge in [-0.25, -0.2) is 4.68 Å². The second-order valence-electron chi connectivity index (χ2n) is 4.80. The number of nitrogen functional groups attached to an aromatic ring is 1. The third-order valence-electron chi connectivity index (χ3n) is 3.29. The molecule has 1 fully saturated rings. The van der Waals surface area contributed by atoms with E-state index < -0.39 is 0 Å². The predicted octanol–water partition coefficient (Wildman–Crippen LogP) is 2.92. The Bertz CT molecular complexity index is 665. The summed E-state index contributed by atoms with van der Waals surface area (Å²) < 4.78 is 1.79. The van der Waals surface area contributed by atoms with Gasteiger partial charge in [-0.1, -0.05) is 23.7 Å². The lowest BCUT2D eigenvalue weighted by Gasteiger charge is -1.99. The molecule has 0 atom stereocenters. The Morgan fingerprint density at radius 1 is 1.47 bits per heavy atom. The fraction of sp³-hybridized carbons (Fsp3) is 0.286. The molecular formula is C14H13ClN4. The van der Waals surface area contributed by atoms with E-state index in [0.29, 0.717) is 28.9 Å². The van der Waals surface area contributed by atoms with Crippen molar-refractivity contribution in [3.63, 3.8) is 0 Å². The van der Waals surface area contributed by atoms with E-state index in [0.717, 1.165) is 24.1 Å². The molecule has 96 valence electrons. The molecule has 1 aliphatic carbocycles. The molecule has 5 heteroatoms. The summed E-state index contributed by atoms with van der Waals surface area (Å²) in [4.78, 5) is 0. The second kappa shape index (κ2) is 4.60. The van der Waals surface area contributed by atoms with Gasteiger partial charge < -0.3 is 5.73 Å². The highest BCUT2D eigenvalue weighted by molar-refractivity contribution is 6.30. The molecule has 1 saturated carbocycles. The molecule has 1 aromatic heterocycles. The SMILES string of the molecule is N#Cc1c(Cc2cccc(Cl)c2)nn(C2CC2)c1N. The molecule has 1 heterocycles. The van der Waals surface area contributed by atoms with E-state index in [2.05, 4.69) is 11.2 Å². The van der Waals surface area contributed by atoms with Crippen molar-refractivity contribution < 1.29 is 0 Å². The zero-order valence-electron chi connectivity index (χ0n) is 10.3. The normalized spacial score (nSPS) is 14.3. The maximum Gasteiger partial charge on any atom is 0.140 e. The highest BCUT2D eigenvalue weighted by Crippen LogP contribution is 2.37. The van der Waals surface area contributed by atoms with Crippen molar-refractivity contribution in [1.82, 2.24) is 9.78 Å². The third kappa shape index (κ3) is 2.29. The number of rotatable bonds is 3. The Morgan fingerprint density at radius 2 is 2.26 bits per heavy atom. The Hall–Kier alpha value is -1.99. The zero-order chi connectivity index (χ0) is 13.4. The third-order valence-corrected chi connectivity index (χ3v) is 3.52. The van der Waals surface area contributed by atoms with Crippen molar-refractivity contribution in [3.8, 4) is 6.07 Å². The number of aromatic nitrogens is 2. The van der Waals surface area contributed by atoms with Crippen LogP contribution in [0, 0.1) is 11.3 Å². The maximum atomic E-state index is 9.24. The number of nitrogens with zero attached hydrogens (tertiary/aromatic N) is 3. The van der Waals surface area contributed by atoms with Crippen LogP contribution in [0.4, 0.5) is 5.82 Å². The first kappa shape index (κ1) is 12.1. The van der Waals surface area contributed by atoms with Crippen molar-refractivity contribution in [3.05, 3.63) is 46.1 Å². The number of nitrogens with two attached hydrogens (primary N) is 1. The molecule has 4 nitrogen and oxygen atoms in total. The van der Waals surface area contributed by atoms with E-state index in [4.69, 9.17) is 17.3 Å². The summed E-state index contributed by atoms with van der Waals surface area (Å²) in [5, 5.41) is 14.4. The summed E-state index contributed by atoms with van der Waals surface area (Å²) in [6, 6.07) is 10.1. The maximum absolute atomic E-state index is 9.24. The molecule has 2 N–H and O–H groups in total. The Morgan fingerprint density at radius 3 is 2.89 bits per heavy atom. The van der Waals surface area contributed by atoms with Gasteiger partial charge in [0.1, 0.15) is 17.5 Å². The van der Waals surface area contributed by atoms with Gasteiger partial charge in [-0.3, -0.25) is 0 Å². The van der Waals surface area contributed by atoms with Gasteiger partial charge in [-0.2, -0.15) is 10.4 Å². The van der Waals surface area contributed by atoms with E-state index in [9.17, 15) is 5.26 Å². The monoisotopic (exact) mass is 272 g/mol. The van der Waals surface area contributed by atoms with Crippen LogP contribution in [-0.2, 0) is 6.42 Å². The van der Waals surface area contributed by atoms with Gasteiger partial charge in [0.05, 0.1) is 11.7 Å². The van der Waals surface area contributed by atoms with Gasteiger partial charge in [0, 0.05) is 11.4 Å². The van der Waals surface area contributed by atoms with Crippen molar-refractivity contribution in [2.24, 2.45) is 0 Å². The molecule has 2 aromatic rings. The van der Waals surface area contributed by atoms with Crippen LogP contribution in [0.5, 0.6) is 0 Å². The quantitative estimate of drug-likeness (QED) is 0.934. The molecule has 1 aliphatic rings. The van der Waals surface area contributed by atoms with Gasteiger partial charge in [0.15, 0.2) is 0 Å². The van der Waals surface area contributed by atoms with Gasteiger partial charge in [0.2, 0.25) is 0 Å². The van der Waals surface area contributed by atoms with Crippen LogP contribution < -0.4 is 5.73 Å². The molecule has 0 unspecified atom stereocenters. The number of anilines is 1. The molecule has 19 heavy (non-hydrogen) atoms. The first-order valence-corrected chi connectivity index (χ1v) is 6.58. The number of nitriles is 1. The molecule has 0 aliphatic heterocycles. The van der Waals surface area contributed by atoms with E-state index in [1.54, 1.807) is 4.68 Å². The van der Waals surface area contributed by atoms with E-state index in [1.165, 1.54) is 0 Å². The molecule has 0 amide bonds. The van der Waals surface area contributed by atoms with Crippen molar-refractivity contribution in [2.45, 2.75) is 25.3 Å². The largest absolute Gasteiger partial charge is 0.383 e. The highest BCUT2D eigenvalue weighted by Gasteiger charge is 2.29. The van der Waals surface area contributed by atoms with Crippen LogP contribution in [0.1, 0.15) is 35.7 Å². The van der Waals surface area contributed by atoms with Crippen LogP contribution in [0.15, 0.2) is 24.3 Å². The van der Waals surface area contributed by atoms with E-state index >= 15 is 0 Å². The summed E-state index contributed by atoms with van der Waals surface area (Å²) in [5.74, 6) is 0.488. The molecule has 1 aromatic carbocycles. The van der Waals surface area contributed by atoms with Gasteiger partial charge >= 0.3 is 0 Å². The van der Waals surface area contributed by atoms with Crippen molar-refractivity contribution >= 4 is 17.4 Å². The molecular weight excluding hydrogens is 260 g/mol. The number of hydrogen-bond donors (Lipinski definition) is 1. The summed E-state index contributed by atoms with van der Waals surface area (Å²) in [7, 11) is 0. The summed E-state index contributed by atoms with van der Waals surface area (Å²) >= 11 is 5.97. The van der Waals surface area contributed by atoms with Crippen molar-refractivity contribution in [1.29, 1.82) is 5.26 Å². The lowest BCUT2D eigenvalue weighted by atomic mass is 10.1. The Kier molecular flexibility index (Phi) is 2.92. The fourth-order valence-electron chi connectivity index (χ4n) is 2.18. The minimum absolute atomic E-state index is 0.375. The smallest absolute Gasteiger partial charge is 0.140 e. The van der Waals surface area contributed by atoms with Gasteiger partial charge in [-0.15, -0.1) is 0 Å². The van der Waals surface area contributed by atoms with E-state index in [1.807, 2.05) is 24.3 Å². The first-order chi connectivity index (χ1) is 9.19. The van der Waals surface area contributed by atoms with Gasteiger partial charge in [0.25, 0.3) is 0 Å². The molecule has 0 radical (unpaired) electrons. The van der Waals surface area contributed by atoms with Crippen LogP contribution in [0.25, 0.3) is 0 Å². The van der Waals surface area contributed by atoms with Gasteiger partial charge in [-0.05, 0) is 30.5 Å². The highest BCUT2D eigenvalue weighted by atomic mass is 35.5. The molecule has 0 saturated heterocycles. The standard InChI is InChI=1S/C14H13ClN4/c15-10-3-1-2-9(6-10)7-13-12(8-16)14(17)19(18-13)11-4-5-11/h1-3,6,11H,4-5,7,17H2. The topological polar surface area (TPSA) is 67.6 Å². The molecule has 0 bridgehead atoms. The average molecular weight is 273 g/mol. The van der Waals surface area contributed by atoms with Crippen molar-refractivity contribution in [2.75, 3.05) is 5.73 Å². The number of hydrogen-bond acceptors (Lipinski definition) is 3. The lowest BCUT2D eigenvalue weighted by molar-refractivity contribution is 0.641. The molecule has 0 spiro atoms. The zero-order valence-corrected chi connectivity index (χ0v) is 11.1. The Labute approximate surface area is 116 Å². The van der Waals surface area contributed by atoms with Crippen LogP contribution in [0.2, 0.25) is 5.02 Å². The number of halogens is 1. The van der Waals surface area contributed by atoms with Crippen LogP contribution in [0.3, 0.4) is 0 Å². The van der Waals surface area contributed by atoms with Crippen LogP contribution in [-0.4, -0.2) is 9.78 Å². The Balaban J connectivity index is 1.96. The summed E-state index contributed by atoms with van der Waals surface area (Å²) in [5.41, 5.74) is 8.25. The number of benzene rings is 1. The van der Waals surface area contributed by atoms with Crippen LogP contribution >= 0.6 is 11.6 Å². The lowest BCUT2D eigenvalue weighted by Crippen LogP contribution is -2.02. The second-order valence-corrected chi connectivity index (χ2v) is 5.24. The average Bonchev–Trinajstić information content (AvgIpc) is 3.16. The minimum Gasteiger partial charge on any atom is -0.383 e. The summed E-state index contributed by atoms with van der Waals surface area (Å²) in [6.07, 6.45) is 2.76. The van der Waals surface area contributed by atoms with E-state index in [-0.39, 0.29) is 0 Å². The summed E-state index contributed by atoms with van der Waals surface area (Å²) in [6.45, 7) is 0. The predicted molar refractivity (Wildman–Crippen MR) is 73.9 cm³/mol. The minimum atomic E-state index is 0.375. The molecule has 3 rings (SSSR count). The fourth-order valence-corrected chi connectivity index (χ4v) is 2.39.